The van der Waals surface area contributed by atoms with E-state index in [1.54, 1.807) is 0 Å². The Balaban J connectivity index is 1.08. The lowest BCUT2D eigenvalue weighted by molar-refractivity contribution is -0.120. The van der Waals surface area contributed by atoms with Gasteiger partial charge in [0.25, 0.3) is 0 Å². The van der Waals surface area contributed by atoms with E-state index in [4.69, 9.17) is 48.9 Å². The van der Waals surface area contributed by atoms with Crippen molar-refractivity contribution >= 4 is 104 Å². The standard InChI is InChI=1S/C33H46N2O2S6/c1-32(2,20-34-28(38)18-26-24(30(34)40)12-16-42-26)14-6-10-22(36)8-5-9-23(37)11-7-15-33(3,4)21-35-29(39)19-27-25(31(35)41)13-17-43-27/h18-19,24-25H,5-17,20-21H2,1-4H3. The zero-order chi connectivity index (χ0) is 31.4. The van der Waals surface area contributed by atoms with Crippen LogP contribution in [0, 0.1) is 22.7 Å². The van der Waals surface area contributed by atoms with Crippen LogP contribution in [0.4, 0.5) is 0 Å². The van der Waals surface area contributed by atoms with Gasteiger partial charge in [-0.25, -0.2) is 0 Å². The van der Waals surface area contributed by atoms with Crippen molar-refractivity contribution in [3.05, 3.63) is 22.0 Å². The summed E-state index contributed by atoms with van der Waals surface area (Å²) in [6.07, 6.45) is 12.8. The van der Waals surface area contributed by atoms with Gasteiger partial charge in [0.2, 0.25) is 0 Å². The lowest BCUT2D eigenvalue weighted by atomic mass is 9.85. The molecular formula is C33H46N2O2S6. The van der Waals surface area contributed by atoms with E-state index in [-0.39, 0.29) is 22.4 Å². The maximum atomic E-state index is 12.6. The molecule has 0 N–H and O–H groups in total. The molecular weight excluding hydrogens is 649 g/mol. The molecule has 43 heavy (non-hydrogen) atoms. The summed E-state index contributed by atoms with van der Waals surface area (Å²) in [6.45, 7) is 10.5. The highest BCUT2D eigenvalue weighted by molar-refractivity contribution is 8.03. The number of fused-ring (bicyclic) bond motifs is 2. The maximum absolute atomic E-state index is 12.6. The molecule has 2 fully saturated rings. The van der Waals surface area contributed by atoms with E-state index in [1.165, 1.54) is 9.81 Å². The molecule has 4 aliphatic heterocycles. The lowest BCUT2D eigenvalue weighted by Gasteiger charge is -2.38. The molecule has 0 spiro atoms. The Bertz CT molecular complexity index is 1130. The number of nitrogens with zero attached hydrogens (tertiary/aromatic N) is 2. The number of rotatable bonds is 16. The van der Waals surface area contributed by atoms with Crippen LogP contribution in [0.25, 0.3) is 0 Å². The summed E-state index contributed by atoms with van der Waals surface area (Å²) in [7, 11) is 0. The molecule has 0 saturated carbocycles. The summed E-state index contributed by atoms with van der Waals surface area (Å²) < 4.78 is 0. The second-order valence-electron chi connectivity index (χ2n) is 14.0. The molecule has 2 atom stereocenters. The van der Waals surface area contributed by atoms with E-state index in [9.17, 15) is 9.59 Å². The summed E-state index contributed by atoms with van der Waals surface area (Å²) in [5.41, 5.74) is 0.0164. The number of thioether (sulfide) groups is 2. The van der Waals surface area contributed by atoms with Gasteiger partial charge in [-0.05, 0) is 89.2 Å². The molecule has 0 bridgehead atoms. The number of carbonyl (C=O) groups is 2. The first-order valence-corrected chi connectivity index (χ1v) is 19.3. The van der Waals surface area contributed by atoms with E-state index in [2.05, 4.69) is 49.6 Å². The molecule has 4 rings (SSSR count). The summed E-state index contributed by atoms with van der Waals surface area (Å²) in [4.78, 5) is 35.7. The van der Waals surface area contributed by atoms with Crippen LogP contribution in [-0.4, -0.2) is 65.9 Å². The number of hydrogen-bond acceptors (Lipinski definition) is 8. The topological polar surface area (TPSA) is 40.6 Å². The number of hydrogen-bond donors (Lipinski definition) is 0. The average molecular weight is 695 g/mol. The second-order valence-corrected chi connectivity index (χ2v) is 18.0. The first kappa shape index (κ1) is 35.3. The molecule has 4 nitrogen and oxygen atoms in total. The molecule has 4 aliphatic rings. The highest BCUT2D eigenvalue weighted by Crippen LogP contribution is 2.43. The van der Waals surface area contributed by atoms with Crippen LogP contribution < -0.4 is 0 Å². The molecule has 2 saturated heterocycles. The van der Waals surface area contributed by atoms with Crippen LogP contribution in [0.3, 0.4) is 0 Å². The van der Waals surface area contributed by atoms with Crippen molar-refractivity contribution in [1.82, 2.24) is 9.80 Å². The van der Waals surface area contributed by atoms with E-state index in [0.29, 0.717) is 43.9 Å². The van der Waals surface area contributed by atoms with Crippen molar-refractivity contribution in [3.8, 4) is 0 Å². The third-order valence-electron chi connectivity index (χ3n) is 8.93. The van der Waals surface area contributed by atoms with Crippen molar-refractivity contribution in [2.75, 3.05) is 24.6 Å². The SMILES string of the molecule is CC(C)(CCCC(=O)CCCC(=O)CCCC(C)(C)CN1C(=S)C=C2SCCC2C1=S)CN1C(=S)C=C2SCCC2C1=S. The quantitative estimate of drug-likeness (QED) is 0.146. The maximum Gasteiger partial charge on any atom is 0.132 e. The third kappa shape index (κ3) is 9.74. The summed E-state index contributed by atoms with van der Waals surface area (Å²) in [5, 5.41) is 0. The summed E-state index contributed by atoms with van der Waals surface area (Å²) in [6, 6.07) is 0. The van der Waals surface area contributed by atoms with Gasteiger partial charge in [0.15, 0.2) is 0 Å². The molecule has 0 amide bonds. The van der Waals surface area contributed by atoms with E-state index in [0.717, 1.165) is 83.1 Å². The van der Waals surface area contributed by atoms with Gasteiger partial charge in [0.1, 0.15) is 21.5 Å². The molecule has 0 radical (unpaired) electrons. The van der Waals surface area contributed by atoms with Crippen molar-refractivity contribution in [2.45, 2.75) is 98.3 Å². The van der Waals surface area contributed by atoms with Crippen LogP contribution >= 0.6 is 72.4 Å². The number of Topliss-reactive ketones (excluding diaryl/α,β-unsaturated/α-hetero) is 2. The fourth-order valence-corrected chi connectivity index (χ4v) is 10.7. The van der Waals surface area contributed by atoms with E-state index < -0.39 is 0 Å². The Hall–Kier alpha value is -0.520. The van der Waals surface area contributed by atoms with Crippen LogP contribution in [0.1, 0.15) is 98.3 Å². The molecule has 0 aromatic rings. The highest BCUT2D eigenvalue weighted by atomic mass is 32.2. The predicted octanol–water partition coefficient (Wildman–Crippen LogP) is 8.90. The third-order valence-corrected chi connectivity index (χ3v) is 13.0. The zero-order valence-electron chi connectivity index (χ0n) is 26.1. The Morgan fingerprint density at radius 3 is 1.47 bits per heavy atom. The number of thiocarbonyl (C=S) groups is 4. The minimum Gasteiger partial charge on any atom is -0.326 e. The van der Waals surface area contributed by atoms with Crippen molar-refractivity contribution < 1.29 is 9.59 Å². The van der Waals surface area contributed by atoms with Gasteiger partial charge in [0, 0.05) is 50.6 Å². The van der Waals surface area contributed by atoms with Crippen molar-refractivity contribution in [3.63, 3.8) is 0 Å². The Morgan fingerprint density at radius 2 is 1.07 bits per heavy atom. The largest absolute Gasteiger partial charge is 0.326 e. The van der Waals surface area contributed by atoms with Gasteiger partial charge in [-0.1, -0.05) is 76.6 Å². The molecule has 2 unspecified atom stereocenters. The Morgan fingerprint density at radius 1 is 0.698 bits per heavy atom. The average Bonchev–Trinajstić information content (AvgIpc) is 3.58. The van der Waals surface area contributed by atoms with Crippen molar-refractivity contribution in [2.24, 2.45) is 22.7 Å². The monoisotopic (exact) mass is 694 g/mol. The second kappa shape index (κ2) is 15.4. The minimum absolute atomic E-state index is 0.00821. The molecule has 4 heterocycles. The smallest absolute Gasteiger partial charge is 0.132 e. The van der Waals surface area contributed by atoms with Crippen LogP contribution in [0.2, 0.25) is 0 Å². The first-order chi connectivity index (χ1) is 20.3. The van der Waals surface area contributed by atoms with E-state index in [1.807, 2.05) is 23.5 Å². The van der Waals surface area contributed by atoms with Gasteiger partial charge in [0.05, 0.1) is 9.98 Å². The van der Waals surface area contributed by atoms with E-state index >= 15 is 0 Å². The lowest BCUT2D eigenvalue weighted by Crippen LogP contribution is -2.45. The fraction of sp³-hybridized carbons (Fsp3) is 0.697. The van der Waals surface area contributed by atoms with Gasteiger partial charge in [-0.15, -0.1) is 23.5 Å². The number of ketones is 2. The minimum atomic E-state index is 0.00821. The van der Waals surface area contributed by atoms with Crippen LogP contribution in [-0.2, 0) is 9.59 Å². The molecule has 0 aromatic heterocycles. The molecule has 0 aliphatic carbocycles. The van der Waals surface area contributed by atoms with Crippen LogP contribution in [0.5, 0.6) is 0 Å². The van der Waals surface area contributed by atoms with Gasteiger partial charge >= 0.3 is 0 Å². The number of carbonyl (C=O) groups excluding carboxylic acids is 2. The Kier molecular flexibility index (Phi) is 12.6. The fourth-order valence-electron chi connectivity index (χ4n) is 6.43. The van der Waals surface area contributed by atoms with Gasteiger partial charge in [-0.3, -0.25) is 9.59 Å². The molecule has 236 valence electrons. The van der Waals surface area contributed by atoms with Gasteiger partial charge in [-0.2, -0.15) is 0 Å². The normalized spacial score (nSPS) is 22.5. The summed E-state index contributed by atoms with van der Waals surface area (Å²) >= 11 is 26.7. The molecule has 0 aromatic carbocycles. The first-order valence-electron chi connectivity index (χ1n) is 15.7. The van der Waals surface area contributed by atoms with Gasteiger partial charge < -0.3 is 9.80 Å². The summed E-state index contributed by atoms with van der Waals surface area (Å²) in [5.74, 6) is 3.46. The van der Waals surface area contributed by atoms with Crippen LogP contribution in [0.15, 0.2) is 22.0 Å². The zero-order valence-corrected chi connectivity index (χ0v) is 31.0. The molecule has 10 heteroatoms. The highest BCUT2D eigenvalue weighted by Gasteiger charge is 2.37. The Labute approximate surface area is 289 Å². The predicted molar refractivity (Wildman–Crippen MR) is 200 cm³/mol. The van der Waals surface area contributed by atoms with Crippen molar-refractivity contribution in [1.29, 1.82) is 0 Å².